The standard InChI is InChI=1S/C15H23N5S/c1-4-20-6-5-11(9-20)8-17-13-12-7-10(2)21-14(12)19-15(16-3)18-13/h7,11H,4-6,8-9H2,1-3H3,(H2,16,17,18,19). The van der Waals surface area contributed by atoms with Crippen molar-refractivity contribution in [3.63, 3.8) is 0 Å². The van der Waals surface area contributed by atoms with Crippen LogP contribution in [0.5, 0.6) is 0 Å². The van der Waals surface area contributed by atoms with Crippen molar-refractivity contribution < 1.29 is 0 Å². The molecule has 2 N–H and O–H groups in total. The van der Waals surface area contributed by atoms with Crippen LogP contribution in [0.15, 0.2) is 6.07 Å². The van der Waals surface area contributed by atoms with E-state index in [0.29, 0.717) is 11.9 Å². The lowest BCUT2D eigenvalue weighted by atomic mass is 10.1. The number of nitrogens with zero attached hydrogens (tertiary/aromatic N) is 3. The van der Waals surface area contributed by atoms with Crippen LogP contribution in [0, 0.1) is 12.8 Å². The van der Waals surface area contributed by atoms with Crippen LogP contribution in [0.1, 0.15) is 18.2 Å². The van der Waals surface area contributed by atoms with Gasteiger partial charge in [0.25, 0.3) is 0 Å². The van der Waals surface area contributed by atoms with E-state index in [2.05, 4.69) is 45.4 Å². The molecule has 0 amide bonds. The van der Waals surface area contributed by atoms with Crippen molar-refractivity contribution in [1.82, 2.24) is 14.9 Å². The molecule has 6 heteroatoms. The molecule has 21 heavy (non-hydrogen) atoms. The molecule has 0 bridgehead atoms. The third-order valence-corrected chi connectivity index (χ3v) is 5.06. The van der Waals surface area contributed by atoms with Gasteiger partial charge >= 0.3 is 0 Å². The van der Waals surface area contributed by atoms with Gasteiger partial charge in [0.1, 0.15) is 10.6 Å². The molecule has 1 aliphatic rings. The summed E-state index contributed by atoms with van der Waals surface area (Å²) in [6.07, 6.45) is 1.27. The Morgan fingerprint density at radius 3 is 3.00 bits per heavy atom. The first-order valence-electron chi connectivity index (χ1n) is 7.61. The van der Waals surface area contributed by atoms with E-state index in [-0.39, 0.29) is 0 Å². The predicted molar refractivity (Wildman–Crippen MR) is 90.4 cm³/mol. The minimum absolute atomic E-state index is 0.688. The van der Waals surface area contributed by atoms with Gasteiger partial charge in [-0.1, -0.05) is 6.92 Å². The van der Waals surface area contributed by atoms with Crippen LogP contribution in [-0.4, -0.2) is 48.1 Å². The third-order valence-electron chi connectivity index (χ3n) is 4.11. The van der Waals surface area contributed by atoms with Crippen molar-refractivity contribution in [3.8, 4) is 0 Å². The molecule has 2 aromatic rings. The lowest BCUT2D eigenvalue weighted by Gasteiger charge is -2.14. The summed E-state index contributed by atoms with van der Waals surface area (Å²) in [4.78, 5) is 14.0. The van der Waals surface area contributed by atoms with Crippen molar-refractivity contribution in [3.05, 3.63) is 10.9 Å². The van der Waals surface area contributed by atoms with Crippen LogP contribution in [0.2, 0.25) is 0 Å². The number of rotatable bonds is 5. The third kappa shape index (κ3) is 3.11. The highest BCUT2D eigenvalue weighted by molar-refractivity contribution is 7.18. The molecule has 0 saturated carbocycles. The summed E-state index contributed by atoms with van der Waals surface area (Å²) in [6, 6.07) is 2.18. The second-order valence-electron chi connectivity index (χ2n) is 5.65. The zero-order valence-corrected chi connectivity index (χ0v) is 13.8. The van der Waals surface area contributed by atoms with E-state index < -0.39 is 0 Å². The Kier molecular flexibility index (Phi) is 4.26. The minimum atomic E-state index is 0.688. The molecule has 1 unspecified atom stereocenters. The number of fused-ring (bicyclic) bond motifs is 1. The maximum Gasteiger partial charge on any atom is 0.225 e. The maximum absolute atomic E-state index is 4.59. The maximum atomic E-state index is 4.59. The molecule has 3 rings (SSSR count). The smallest absolute Gasteiger partial charge is 0.225 e. The number of hydrogen-bond acceptors (Lipinski definition) is 6. The van der Waals surface area contributed by atoms with Gasteiger partial charge in [-0.15, -0.1) is 11.3 Å². The van der Waals surface area contributed by atoms with Crippen molar-refractivity contribution in [1.29, 1.82) is 0 Å². The lowest BCUT2D eigenvalue weighted by Crippen LogP contribution is -2.22. The van der Waals surface area contributed by atoms with E-state index in [1.165, 1.54) is 24.4 Å². The number of hydrogen-bond donors (Lipinski definition) is 2. The Labute approximate surface area is 129 Å². The molecular weight excluding hydrogens is 282 g/mol. The van der Waals surface area contributed by atoms with Crippen molar-refractivity contribution in [2.75, 3.05) is 43.9 Å². The van der Waals surface area contributed by atoms with E-state index in [1.807, 2.05) is 7.05 Å². The SMILES string of the molecule is CCN1CCC(CNc2nc(NC)nc3sc(C)cc23)C1. The minimum Gasteiger partial charge on any atom is -0.369 e. The van der Waals surface area contributed by atoms with Gasteiger partial charge in [0, 0.05) is 25.0 Å². The number of thiophene rings is 1. The Morgan fingerprint density at radius 2 is 2.29 bits per heavy atom. The number of likely N-dealkylation sites (tertiary alicyclic amines) is 1. The van der Waals surface area contributed by atoms with Crippen molar-refractivity contribution in [2.24, 2.45) is 5.92 Å². The van der Waals surface area contributed by atoms with E-state index in [1.54, 1.807) is 11.3 Å². The first-order chi connectivity index (χ1) is 10.2. The van der Waals surface area contributed by atoms with Gasteiger partial charge in [-0.2, -0.15) is 4.98 Å². The highest BCUT2D eigenvalue weighted by Gasteiger charge is 2.21. The van der Waals surface area contributed by atoms with Crippen LogP contribution in [0.3, 0.4) is 0 Å². The fourth-order valence-corrected chi connectivity index (χ4v) is 3.78. The molecule has 1 saturated heterocycles. The molecule has 5 nitrogen and oxygen atoms in total. The van der Waals surface area contributed by atoms with Crippen LogP contribution < -0.4 is 10.6 Å². The van der Waals surface area contributed by atoms with E-state index in [9.17, 15) is 0 Å². The summed E-state index contributed by atoms with van der Waals surface area (Å²) in [6.45, 7) is 8.91. The summed E-state index contributed by atoms with van der Waals surface area (Å²) in [5, 5.41) is 7.74. The number of aromatic nitrogens is 2. The van der Waals surface area contributed by atoms with Gasteiger partial charge in [0.2, 0.25) is 5.95 Å². The molecule has 1 aliphatic heterocycles. The Balaban J connectivity index is 1.76. The van der Waals surface area contributed by atoms with Gasteiger partial charge in [-0.3, -0.25) is 0 Å². The zero-order valence-electron chi connectivity index (χ0n) is 12.9. The molecule has 0 spiro atoms. The lowest BCUT2D eigenvalue weighted by molar-refractivity contribution is 0.345. The van der Waals surface area contributed by atoms with Gasteiger partial charge in [-0.25, -0.2) is 4.98 Å². The van der Waals surface area contributed by atoms with Gasteiger partial charge in [-0.05, 0) is 38.4 Å². The molecule has 1 atom stereocenters. The average molecular weight is 305 g/mol. The number of anilines is 2. The monoisotopic (exact) mass is 305 g/mol. The summed E-state index contributed by atoms with van der Waals surface area (Å²) in [5.74, 6) is 2.37. The summed E-state index contributed by atoms with van der Waals surface area (Å²) in [5.41, 5.74) is 0. The summed E-state index contributed by atoms with van der Waals surface area (Å²) < 4.78 is 0. The number of aryl methyl sites for hydroxylation is 1. The van der Waals surface area contributed by atoms with E-state index >= 15 is 0 Å². The molecule has 0 aromatic carbocycles. The van der Waals surface area contributed by atoms with Crippen LogP contribution in [0.25, 0.3) is 10.2 Å². The molecule has 0 aliphatic carbocycles. The molecule has 1 fully saturated rings. The average Bonchev–Trinajstić information content (AvgIpc) is 3.09. The van der Waals surface area contributed by atoms with E-state index in [0.717, 1.165) is 29.1 Å². The Bertz CT molecular complexity index is 624. The topological polar surface area (TPSA) is 53.1 Å². The predicted octanol–water partition coefficient (Wildman–Crippen LogP) is 2.80. The molecule has 2 aromatic heterocycles. The molecule has 0 radical (unpaired) electrons. The van der Waals surface area contributed by atoms with Crippen LogP contribution in [-0.2, 0) is 0 Å². The summed E-state index contributed by atoms with van der Waals surface area (Å²) >= 11 is 1.72. The fraction of sp³-hybridized carbons (Fsp3) is 0.600. The van der Waals surface area contributed by atoms with Gasteiger partial charge < -0.3 is 15.5 Å². The van der Waals surface area contributed by atoms with Crippen LogP contribution >= 0.6 is 11.3 Å². The van der Waals surface area contributed by atoms with Crippen molar-refractivity contribution >= 4 is 33.3 Å². The Morgan fingerprint density at radius 1 is 1.43 bits per heavy atom. The van der Waals surface area contributed by atoms with Crippen molar-refractivity contribution in [2.45, 2.75) is 20.3 Å². The second-order valence-corrected chi connectivity index (χ2v) is 6.89. The first kappa shape index (κ1) is 14.5. The largest absolute Gasteiger partial charge is 0.369 e. The molecular formula is C15H23N5S. The quantitative estimate of drug-likeness (QED) is 0.889. The highest BCUT2D eigenvalue weighted by Crippen LogP contribution is 2.30. The van der Waals surface area contributed by atoms with Gasteiger partial charge in [0.05, 0.1) is 5.39 Å². The summed E-state index contributed by atoms with van der Waals surface area (Å²) in [7, 11) is 1.86. The second kappa shape index (κ2) is 6.15. The van der Waals surface area contributed by atoms with Crippen LogP contribution in [0.4, 0.5) is 11.8 Å². The fourth-order valence-electron chi connectivity index (χ4n) is 2.90. The molecule has 3 heterocycles. The highest BCUT2D eigenvalue weighted by atomic mass is 32.1. The van der Waals surface area contributed by atoms with E-state index in [4.69, 9.17) is 0 Å². The normalized spacial score (nSPS) is 19.3. The first-order valence-corrected chi connectivity index (χ1v) is 8.43. The van der Waals surface area contributed by atoms with Gasteiger partial charge in [0.15, 0.2) is 0 Å². The molecule has 114 valence electrons. The number of nitrogens with one attached hydrogen (secondary N) is 2. The Hall–Kier alpha value is -1.40. The zero-order chi connectivity index (χ0) is 14.8.